The second-order valence-corrected chi connectivity index (χ2v) is 4.49. The number of hydrogen-bond donors (Lipinski definition) is 1. The predicted molar refractivity (Wildman–Crippen MR) is 74.4 cm³/mol. The van der Waals surface area contributed by atoms with Crippen LogP contribution >= 0.6 is 0 Å². The Bertz CT molecular complexity index is 662. The van der Waals surface area contributed by atoms with E-state index in [0.29, 0.717) is 6.54 Å². The highest BCUT2D eigenvalue weighted by Crippen LogP contribution is 2.31. The maximum absolute atomic E-state index is 13.0. The number of nitrogens with one attached hydrogen (secondary N) is 1. The number of aryl methyl sites for hydroxylation is 1. The van der Waals surface area contributed by atoms with Gasteiger partial charge in [-0.2, -0.15) is 0 Å². The molecule has 0 bridgehead atoms. The van der Waals surface area contributed by atoms with E-state index >= 15 is 0 Å². The van der Waals surface area contributed by atoms with Crippen LogP contribution in [0, 0.1) is 17.0 Å². The van der Waals surface area contributed by atoms with Crippen molar-refractivity contribution in [1.29, 1.82) is 0 Å². The van der Waals surface area contributed by atoms with Gasteiger partial charge >= 0.3 is 0 Å². The first kappa shape index (κ1) is 14.8. The number of hydrogen-bond acceptors (Lipinski definition) is 4. The van der Waals surface area contributed by atoms with E-state index in [0.717, 1.165) is 17.2 Å². The summed E-state index contributed by atoms with van der Waals surface area (Å²) in [6.45, 7) is 2.21. The Labute approximate surface area is 119 Å². The van der Waals surface area contributed by atoms with E-state index in [1.807, 2.05) is 13.0 Å². The van der Waals surface area contributed by atoms with Gasteiger partial charge in [-0.25, -0.2) is 8.78 Å². The van der Waals surface area contributed by atoms with Gasteiger partial charge in [0.1, 0.15) is 0 Å². The molecule has 7 heteroatoms. The summed E-state index contributed by atoms with van der Waals surface area (Å²) >= 11 is 0. The Balaban J connectivity index is 2.23. The van der Waals surface area contributed by atoms with Crippen molar-refractivity contribution in [1.82, 2.24) is 4.98 Å². The third kappa shape index (κ3) is 3.50. The van der Waals surface area contributed by atoms with Crippen molar-refractivity contribution in [2.24, 2.45) is 0 Å². The molecular formula is C14H13F2N3O2. The van der Waals surface area contributed by atoms with Gasteiger partial charge in [0, 0.05) is 42.3 Å². The molecule has 0 fully saturated rings. The van der Waals surface area contributed by atoms with Gasteiger partial charge in [-0.15, -0.1) is 0 Å². The van der Waals surface area contributed by atoms with Crippen LogP contribution in [0.2, 0.25) is 0 Å². The van der Waals surface area contributed by atoms with Crippen LogP contribution in [-0.2, 0) is 6.54 Å². The summed E-state index contributed by atoms with van der Waals surface area (Å²) in [6.07, 6.45) is 0.507. The molecule has 1 heterocycles. The van der Waals surface area contributed by atoms with Crippen LogP contribution in [0.3, 0.4) is 0 Å². The summed E-state index contributed by atoms with van der Waals surface area (Å²) in [5.41, 5.74) is 1.30. The van der Waals surface area contributed by atoms with Gasteiger partial charge in [0.25, 0.3) is 12.1 Å². The summed E-state index contributed by atoms with van der Waals surface area (Å²) in [5.74, 6) is 0. The average Bonchev–Trinajstić information content (AvgIpc) is 2.46. The molecule has 1 aromatic carbocycles. The average molecular weight is 293 g/mol. The van der Waals surface area contributed by atoms with Crippen molar-refractivity contribution in [3.8, 4) is 0 Å². The minimum Gasteiger partial charge on any atom is -0.380 e. The number of anilines is 1. The van der Waals surface area contributed by atoms with Crippen molar-refractivity contribution in [2.45, 2.75) is 19.9 Å². The molecule has 5 nitrogen and oxygen atoms in total. The number of alkyl halides is 2. The van der Waals surface area contributed by atoms with Crippen molar-refractivity contribution in [3.63, 3.8) is 0 Å². The van der Waals surface area contributed by atoms with Crippen molar-refractivity contribution < 1.29 is 13.7 Å². The van der Waals surface area contributed by atoms with Crippen LogP contribution in [0.5, 0.6) is 0 Å². The van der Waals surface area contributed by atoms with E-state index in [2.05, 4.69) is 10.3 Å². The molecule has 2 aromatic rings. The lowest BCUT2D eigenvalue weighted by molar-refractivity contribution is -0.385. The van der Waals surface area contributed by atoms with Crippen LogP contribution in [0.1, 0.15) is 23.1 Å². The molecular weight excluding hydrogens is 280 g/mol. The van der Waals surface area contributed by atoms with Crippen LogP contribution in [0.25, 0.3) is 0 Å². The SMILES string of the molecule is Cc1ccncc1CNc1ccc([N+](=O)[O-])cc1C(F)F. The van der Waals surface area contributed by atoms with Crippen molar-refractivity contribution in [2.75, 3.05) is 5.32 Å². The van der Waals surface area contributed by atoms with E-state index in [1.54, 1.807) is 12.4 Å². The zero-order valence-corrected chi connectivity index (χ0v) is 11.2. The first-order chi connectivity index (χ1) is 9.99. The fourth-order valence-electron chi connectivity index (χ4n) is 1.88. The number of nitrogens with zero attached hydrogens (tertiary/aromatic N) is 2. The lowest BCUT2D eigenvalue weighted by Crippen LogP contribution is -2.05. The smallest absolute Gasteiger partial charge is 0.270 e. The monoisotopic (exact) mass is 293 g/mol. The van der Waals surface area contributed by atoms with Crippen molar-refractivity contribution in [3.05, 3.63) is 63.5 Å². The first-order valence-corrected chi connectivity index (χ1v) is 6.19. The van der Waals surface area contributed by atoms with Gasteiger partial charge in [0.15, 0.2) is 0 Å². The quantitative estimate of drug-likeness (QED) is 0.671. The number of aromatic nitrogens is 1. The van der Waals surface area contributed by atoms with E-state index in [4.69, 9.17) is 0 Å². The van der Waals surface area contributed by atoms with E-state index in [-0.39, 0.29) is 16.9 Å². The van der Waals surface area contributed by atoms with Gasteiger partial charge in [0.05, 0.1) is 4.92 Å². The molecule has 0 aliphatic rings. The maximum Gasteiger partial charge on any atom is 0.270 e. The molecule has 0 saturated heterocycles. The number of rotatable bonds is 5. The van der Waals surface area contributed by atoms with Crippen LogP contribution in [0.15, 0.2) is 36.7 Å². The molecule has 0 aliphatic carbocycles. The number of nitro groups is 1. The summed E-state index contributed by atoms with van der Waals surface area (Å²) in [7, 11) is 0. The number of benzene rings is 1. The molecule has 2 rings (SSSR count). The predicted octanol–water partition coefficient (Wildman–Crippen LogP) is 3.85. The molecule has 1 N–H and O–H groups in total. The highest BCUT2D eigenvalue weighted by atomic mass is 19.3. The first-order valence-electron chi connectivity index (χ1n) is 6.19. The van der Waals surface area contributed by atoms with Crippen molar-refractivity contribution >= 4 is 11.4 Å². The largest absolute Gasteiger partial charge is 0.380 e. The topological polar surface area (TPSA) is 68.1 Å². The summed E-state index contributed by atoms with van der Waals surface area (Å²) in [6, 6.07) is 5.21. The Morgan fingerprint density at radius 2 is 2.14 bits per heavy atom. The van der Waals surface area contributed by atoms with Gasteiger partial charge in [-0.1, -0.05) is 0 Å². The van der Waals surface area contributed by atoms with E-state index < -0.39 is 11.3 Å². The highest BCUT2D eigenvalue weighted by Gasteiger charge is 2.17. The number of nitro benzene ring substituents is 1. The fourth-order valence-corrected chi connectivity index (χ4v) is 1.88. The van der Waals surface area contributed by atoms with Gasteiger partial charge < -0.3 is 5.32 Å². The number of non-ortho nitro benzene ring substituents is 1. The minimum absolute atomic E-state index is 0.179. The van der Waals surface area contributed by atoms with Crippen LogP contribution < -0.4 is 5.32 Å². The minimum atomic E-state index is -2.79. The maximum atomic E-state index is 13.0. The Hall–Kier alpha value is -2.57. The normalized spacial score (nSPS) is 10.7. The third-order valence-electron chi connectivity index (χ3n) is 3.10. The molecule has 0 amide bonds. The van der Waals surface area contributed by atoms with Gasteiger partial charge in [-0.05, 0) is 30.2 Å². The molecule has 0 saturated carbocycles. The zero-order valence-electron chi connectivity index (χ0n) is 11.2. The highest BCUT2D eigenvalue weighted by molar-refractivity contribution is 5.57. The number of pyridine rings is 1. The summed E-state index contributed by atoms with van der Waals surface area (Å²) in [5, 5.41) is 13.5. The molecule has 0 radical (unpaired) electrons. The molecule has 110 valence electrons. The fraction of sp³-hybridized carbons (Fsp3) is 0.214. The van der Waals surface area contributed by atoms with Crippen LogP contribution in [0.4, 0.5) is 20.2 Å². The Kier molecular flexibility index (Phi) is 4.42. The number of halogens is 2. The van der Waals surface area contributed by atoms with E-state index in [1.165, 1.54) is 12.1 Å². The summed E-state index contributed by atoms with van der Waals surface area (Å²) < 4.78 is 26.0. The van der Waals surface area contributed by atoms with Gasteiger partial charge in [-0.3, -0.25) is 15.1 Å². The standard InChI is InChI=1S/C14H13F2N3O2/c1-9-4-5-17-7-10(9)8-18-13-3-2-11(19(20)21)6-12(13)14(15)16/h2-7,14,18H,8H2,1H3. The molecule has 21 heavy (non-hydrogen) atoms. The lowest BCUT2D eigenvalue weighted by atomic mass is 10.1. The summed E-state index contributed by atoms with van der Waals surface area (Å²) in [4.78, 5) is 13.9. The molecule has 0 atom stereocenters. The lowest BCUT2D eigenvalue weighted by Gasteiger charge is -2.12. The second-order valence-electron chi connectivity index (χ2n) is 4.49. The molecule has 1 aromatic heterocycles. The molecule has 0 unspecified atom stereocenters. The molecule has 0 aliphatic heterocycles. The van der Waals surface area contributed by atoms with Crippen LogP contribution in [-0.4, -0.2) is 9.91 Å². The second kappa shape index (κ2) is 6.25. The third-order valence-corrected chi connectivity index (χ3v) is 3.10. The zero-order chi connectivity index (χ0) is 15.4. The Morgan fingerprint density at radius 3 is 2.76 bits per heavy atom. The van der Waals surface area contributed by atoms with Gasteiger partial charge in [0.2, 0.25) is 0 Å². The van der Waals surface area contributed by atoms with E-state index in [9.17, 15) is 18.9 Å². The molecule has 0 spiro atoms. The Morgan fingerprint density at radius 1 is 1.38 bits per heavy atom.